The summed E-state index contributed by atoms with van der Waals surface area (Å²) < 4.78 is 5.94. The Morgan fingerprint density at radius 3 is 2.35 bits per heavy atom. The number of benzene rings is 3. The molecule has 0 aliphatic rings. The van der Waals surface area contributed by atoms with E-state index in [1.807, 2.05) is 30.3 Å². The van der Waals surface area contributed by atoms with Gasteiger partial charge in [-0.15, -0.1) is 0 Å². The van der Waals surface area contributed by atoms with Crippen LogP contribution < -0.4 is 25.2 Å². The van der Waals surface area contributed by atoms with Crippen LogP contribution in [0.3, 0.4) is 0 Å². The van der Waals surface area contributed by atoms with Crippen LogP contribution in [-0.2, 0) is 20.8 Å². The summed E-state index contributed by atoms with van der Waals surface area (Å²) in [7, 11) is 1.68. The van der Waals surface area contributed by atoms with Crippen molar-refractivity contribution >= 4 is 40.9 Å². The zero-order valence-electron chi connectivity index (χ0n) is 24.9. The van der Waals surface area contributed by atoms with E-state index in [0.717, 1.165) is 24.9 Å². The molecule has 1 unspecified atom stereocenters. The molecule has 0 fully saturated rings. The third-order valence-corrected chi connectivity index (χ3v) is 6.89. The minimum Gasteiger partial charge on any atom is -0.482 e. The van der Waals surface area contributed by atoms with Crippen LogP contribution in [0, 0.1) is 5.92 Å². The molecule has 0 radical (unpaired) electrons. The summed E-state index contributed by atoms with van der Waals surface area (Å²) >= 11 is 0. The van der Waals surface area contributed by atoms with E-state index in [4.69, 9.17) is 9.84 Å². The number of carbonyl (C=O) groups is 4. The molecular formula is C33H40N4O6. The van der Waals surface area contributed by atoms with E-state index in [1.54, 1.807) is 60.5 Å². The monoisotopic (exact) mass is 588 g/mol. The molecule has 3 aromatic carbocycles. The van der Waals surface area contributed by atoms with Crippen molar-refractivity contribution in [2.24, 2.45) is 5.92 Å². The number of para-hydroxylation sites is 3. The largest absolute Gasteiger partial charge is 0.482 e. The molecule has 0 heterocycles. The van der Waals surface area contributed by atoms with Crippen LogP contribution >= 0.6 is 0 Å². The lowest BCUT2D eigenvalue weighted by molar-refractivity contribution is -0.136. The molecule has 0 aromatic heterocycles. The van der Waals surface area contributed by atoms with Gasteiger partial charge < -0.3 is 30.3 Å². The van der Waals surface area contributed by atoms with Crippen LogP contribution in [0.25, 0.3) is 0 Å². The maximum Gasteiger partial charge on any atom is 0.319 e. The van der Waals surface area contributed by atoms with Crippen molar-refractivity contribution < 1.29 is 29.0 Å². The molecule has 10 heteroatoms. The van der Waals surface area contributed by atoms with E-state index >= 15 is 0 Å². The fourth-order valence-corrected chi connectivity index (χ4v) is 4.56. The van der Waals surface area contributed by atoms with Crippen molar-refractivity contribution in [1.82, 2.24) is 5.32 Å². The predicted octanol–water partition coefficient (Wildman–Crippen LogP) is 5.34. The van der Waals surface area contributed by atoms with Crippen molar-refractivity contribution in [2.45, 2.75) is 39.5 Å². The molecule has 0 spiro atoms. The number of urea groups is 1. The second-order valence-electron chi connectivity index (χ2n) is 10.4. The molecule has 1 atom stereocenters. The van der Waals surface area contributed by atoms with Crippen molar-refractivity contribution in [1.29, 1.82) is 0 Å². The van der Waals surface area contributed by atoms with E-state index in [2.05, 4.69) is 24.5 Å². The highest BCUT2D eigenvalue weighted by Gasteiger charge is 2.22. The number of carbonyl (C=O) groups excluding carboxylic acids is 3. The first-order chi connectivity index (χ1) is 20.7. The Morgan fingerprint density at radius 1 is 0.907 bits per heavy atom. The molecular weight excluding hydrogens is 548 g/mol. The molecule has 0 aliphatic heterocycles. The lowest BCUT2D eigenvalue weighted by atomic mass is 10.0. The first-order valence-corrected chi connectivity index (χ1v) is 14.4. The Hall–Kier alpha value is -4.86. The second kappa shape index (κ2) is 16.5. The van der Waals surface area contributed by atoms with Crippen LogP contribution in [0.15, 0.2) is 78.9 Å². The Labute approximate surface area is 252 Å². The Balaban J connectivity index is 1.70. The average Bonchev–Trinajstić information content (AvgIpc) is 2.99. The summed E-state index contributed by atoms with van der Waals surface area (Å²) in [4.78, 5) is 53.1. The van der Waals surface area contributed by atoms with Gasteiger partial charge in [0.05, 0.1) is 18.7 Å². The van der Waals surface area contributed by atoms with Gasteiger partial charge in [0.25, 0.3) is 5.91 Å². The standard InChI is InChI=1S/C33H40N4O6/c1-4-11-24(2)18-19-37(30(38)22-34-33(42)35-26-13-10-12-25(20-26)21-32(40)41)28-16-8-9-17-29(28)43-23-31(39)36(3)27-14-6-5-7-15-27/h5-10,12-17,20,24H,4,11,18-19,21-23H2,1-3H3,(H,40,41)(H2,34,35,42). The van der Waals surface area contributed by atoms with Gasteiger partial charge in [-0.2, -0.15) is 0 Å². The van der Waals surface area contributed by atoms with E-state index in [1.165, 1.54) is 4.90 Å². The van der Waals surface area contributed by atoms with Gasteiger partial charge in [0, 0.05) is 25.0 Å². The van der Waals surface area contributed by atoms with E-state index < -0.39 is 12.0 Å². The van der Waals surface area contributed by atoms with Crippen molar-refractivity contribution in [2.75, 3.05) is 41.9 Å². The van der Waals surface area contributed by atoms with Crippen molar-refractivity contribution in [3.05, 3.63) is 84.4 Å². The highest BCUT2D eigenvalue weighted by Crippen LogP contribution is 2.29. The maximum atomic E-state index is 13.5. The Bertz CT molecular complexity index is 1380. The molecule has 0 aliphatic carbocycles. The first kappa shape index (κ1) is 32.7. The summed E-state index contributed by atoms with van der Waals surface area (Å²) in [6.45, 7) is 4.15. The third kappa shape index (κ3) is 10.5. The number of nitrogens with zero attached hydrogens (tertiary/aromatic N) is 2. The van der Waals surface area contributed by atoms with Gasteiger partial charge in [0.2, 0.25) is 5.91 Å². The number of ether oxygens (including phenoxy) is 1. The summed E-state index contributed by atoms with van der Waals surface area (Å²) in [5.74, 6) is -0.807. The molecule has 3 rings (SSSR count). The highest BCUT2D eigenvalue weighted by molar-refractivity contribution is 5.99. The third-order valence-electron chi connectivity index (χ3n) is 6.89. The molecule has 43 heavy (non-hydrogen) atoms. The molecule has 0 bridgehead atoms. The molecule has 3 aromatic rings. The number of nitrogens with one attached hydrogen (secondary N) is 2. The minimum absolute atomic E-state index is 0.170. The summed E-state index contributed by atoms with van der Waals surface area (Å²) in [5.41, 5.74) is 2.20. The van der Waals surface area contributed by atoms with E-state index in [0.29, 0.717) is 35.2 Å². The zero-order chi connectivity index (χ0) is 31.2. The van der Waals surface area contributed by atoms with Crippen LogP contribution in [0.5, 0.6) is 5.75 Å². The number of carboxylic acids is 1. The van der Waals surface area contributed by atoms with E-state index in [9.17, 15) is 19.2 Å². The number of hydrogen-bond acceptors (Lipinski definition) is 5. The van der Waals surface area contributed by atoms with Gasteiger partial charge in [-0.1, -0.05) is 69.2 Å². The number of aliphatic carboxylic acids is 1. The van der Waals surface area contributed by atoms with Gasteiger partial charge in [-0.3, -0.25) is 14.4 Å². The van der Waals surface area contributed by atoms with Crippen LogP contribution in [0.1, 0.15) is 38.7 Å². The van der Waals surface area contributed by atoms with Crippen molar-refractivity contribution in [3.8, 4) is 5.75 Å². The quantitative estimate of drug-likeness (QED) is 0.220. The number of anilines is 3. The zero-order valence-corrected chi connectivity index (χ0v) is 24.9. The van der Waals surface area contributed by atoms with Crippen LogP contribution in [0.4, 0.5) is 21.9 Å². The van der Waals surface area contributed by atoms with Gasteiger partial charge in [0.1, 0.15) is 5.75 Å². The normalized spacial score (nSPS) is 11.2. The number of carboxylic acid groups (broad SMARTS) is 1. The first-order valence-electron chi connectivity index (χ1n) is 14.4. The summed E-state index contributed by atoms with van der Waals surface area (Å²) in [6, 6.07) is 22.2. The van der Waals surface area contributed by atoms with Gasteiger partial charge in [0.15, 0.2) is 6.61 Å². The molecule has 4 amide bonds. The van der Waals surface area contributed by atoms with Crippen LogP contribution in [0.2, 0.25) is 0 Å². The lowest BCUT2D eigenvalue weighted by Gasteiger charge is -2.27. The fourth-order valence-electron chi connectivity index (χ4n) is 4.56. The SMILES string of the molecule is CCCC(C)CCN(C(=O)CNC(=O)Nc1cccc(CC(=O)O)c1)c1ccccc1OCC(=O)N(C)c1ccccc1. The Kier molecular flexibility index (Phi) is 12.6. The lowest BCUT2D eigenvalue weighted by Crippen LogP contribution is -2.42. The molecule has 3 N–H and O–H groups in total. The smallest absolute Gasteiger partial charge is 0.319 e. The van der Waals surface area contributed by atoms with Crippen LogP contribution in [-0.4, -0.2) is 55.7 Å². The van der Waals surface area contributed by atoms with E-state index in [-0.39, 0.29) is 31.4 Å². The van der Waals surface area contributed by atoms with Gasteiger partial charge in [-0.05, 0) is 54.3 Å². The minimum atomic E-state index is -0.975. The Morgan fingerprint density at radius 2 is 1.63 bits per heavy atom. The molecule has 228 valence electrons. The topological polar surface area (TPSA) is 128 Å². The molecule has 10 nitrogen and oxygen atoms in total. The highest BCUT2D eigenvalue weighted by atomic mass is 16.5. The van der Waals surface area contributed by atoms with Gasteiger partial charge >= 0.3 is 12.0 Å². The number of likely N-dealkylation sites (N-methyl/N-ethyl adjacent to an activating group) is 1. The van der Waals surface area contributed by atoms with Gasteiger partial charge in [-0.25, -0.2) is 4.79 Å². The van der Waals surface area contributed by atoms with Crippen molar-refractivity contribution in [3.63, 3.8) is 0 Å². The summed E-state index contributed by atoms with van der Waals surface area (Å²) in [6.07, 6.45) is 2.62. The number of hydrogen-bond donors (Lipinski definition) is 3. The molecule has 0 saturated carbocycles. The number of rotatable bonds is 15. The number of amides is 4. The fraction of sp³-hybridized carbons (Fsp3) is 0.333. The average molecular weight is 589 g/mol. The predicted molar refractivity (Wildman–Crippen MR) is 168 cm³/mol. The summed E-state index contributed by atoms with van der Waals surface area (Å²) in [5, 5.41) is 14.3. The second-order valence-corrected chi connectivity index (χ2v) is 10.4. The maximum absolute atomic E-state index is 13.5. The molecule has 0 saturated heterocycles.